The molecule has 0 atom stereocenters. The molecule has 0 radical (unpaired) electrons. The number of hydrogen-bond donors (Lipinski definition) is 3. The lowest BCUT2D eigenvalue weighted by Crippen LogP contribution is -1.97. The molecule has 0 saturated heterocycles. The van der Waals surface area contributed by atoms with E-state index in [1.165, 1.54) is 12.3 Å². The van der Waals surface area contributed by atoms with Gasteiger partial charge in [-0.3, -0.25) is 4.79 Å². The second-order valence-electron chi connectivity index (χ2n) is 2.74. The minimum absolute atomic E-state index is 0.0235. The molecule has 0 amide bonds. The van der Waals surface area contributed by atoms with Gasteiger partial charge < -0.3 is 16.6 Å². The van der Waals surface area contributed by atoms with E-state index in [9.17, 15) is 4.79 Å². The Bertz CT molecular complexity index is 374. The number of rotatable bonds is 3. The number of anilines is 2. The Kier molecular flexibility index (Phi) is 3.06. The average molecular weight is 193 g/mol. The van der Waals surface area contributed by atoms with E-state index < -0.39 is 5.97 Å². The second kappa shape index (κ2) is 4.27. The molecule has 0 aliphatic heterocycles. The molecule has 0 fully saturated rings. The number of carboxylic acid groups (broad SMARTS) is 1. The van der Waals surface area contributed by atoms with Crippen molar-refractivity contribution in [3.8, 4) is 0 Å². The van der Waals surface area contributed by atoms with Gasteiger partial charge in [0, 0.05) is 6.20 Å². The monoisotopic (exact) mass is 193 g/mol. The summed E-state index contributed by atoms with van der Waals surface area (Å²) in [7, 11) is 0. The topological polar surface area (TPSA) is 102 Å². The maximum absolute atomic E-state index is 10.2. The predicted octanol–water partition coefficient (Wildman–Crippen LogP) is 0.734. The lowest BCUT2D eigenvalue weighted by Gasteiger charge is -1.99. The molecule has 5 nitrogen and oxygen atoms in total. The number of aromatic nitrogens is 1. The highest BCUT2D eigenvalue weighted by molar-refractivity contribution is 5.71. The van der Waals surface area contributed by atoms with E-state index in [4.69, 9.17) is 16.6 Å². The molecule has 1 rings (SSSR count). The number of nitrogens with zero attached hydrogens (tertiary/aromatic N) is 1. The van der Waals surface area contributed by atoms with Crippen molar-refractivity contribution in [3.05, 3.63) is 23.9 Å². The smallest absolute Gasteiger partial charge is 0.307 e. The van der Waals surface area contributed by atoms with Gasteiger partial charge in [-0.2, -0.15) is 0 Å². The Balaban J connectivity index is 2.73. The maximum Gasteiger partial charge on any atom is 0.307 e. The highest BCUT2D eigenvalue weighted by atomic mass is 16.4. The molecule has 5 N–H and O–H groups in total. The molecule has 0 saturated carbocycles. The van der Waals surface area contributed by atoms with Crippen LogP contribution < -0.4 is 11.5 Å². The molecule has 0 aliphatic carbocycles. The zero-order valence-electron chi connectivity index (χ0n) is 7.47. The van der Waals surface area contributed by atoms with Crippen molar-refractivity contribution in [2.24, 2.45) is 0 Å². The van der Waals surface area contributed by atoms with Crippen LogP contribution in [0.1, 0.15) is 12.0 Å². The van der Waals surface area contributed by atoms with E-state index in [0.29, 0.717) is 5.69 Å². The Hall–Kier alpha value is -2.04. The van der Waals surface area contributed by atoms with Crippen LogP contribution in [0.2, 0.25) is 0 Å². The summed E-state index contributed by atoms with van der Waals surface area (Å²) < 4.78 is 0. The molecule has 1 aromatic heterocycles. The van der Waals surface area contributed by atoms with Gasteiger partial charge in [0.15, 0.2) is 0 Å². The van der Waals surface area contributed by atoms with Crippen molar-refractivity contribution >= 4 is 23.6 Å². The summed E-state index contributed by atoms with van der Waals surface area (Å²) >= 11 is 0. The predicted molar refractivity (Wildman–Crippen MR) is 54.3 cm³/mol. The molecular formula is C9H11N3O2. The van der Waals surface area contributed by atoms with Crippen LogP contribution in [0.4, 0.5) is 11.5 Å². The number of carboxylic acids is 1. The van der Waals surface area contributed by atoms with Gasteiger partial charge in [-0.05, 0) is 11.6 Å². The summed E-state index contributed by atoms with van der Waals surface area (Å²) in [6, 6.07) is 1.64. The lowest BCUT2D eigenvalue weighted by atomic mass is 10.2. The molecule has 1 heterocycles. The van der Waals surface area contributed by atoms with E-state index in [1.54, 1.807) is 12.1 Å². The highest BCUT2D eigenvalue weighted by Gasteiger charge is 1.96. The molecule has 0 bridgehead atoms. The number of hydrogen-bond acceptors (Lipinski definition) is 4. The standard InChI is InChI=1S/C9H11N3O2/c10-7-4-6(5-12-9(7)11)2-1-3-8(13)14/h1-2,4-5H,3,10H2,(H2,11,12)(H,13,14). The number of pyridine rings is 1. The van der Waals surface area contributed by atoms with Crippen LogP contribution in [0.5, 0.6) is 0 Å². The summed E-state index contributed by atoms with van der Waals surface area (Å²) in [5, 5.41) is 8.38. The van der Waals surface area contributed by atoms with Crippen molar-refractivity contribution in [1.29, 1.82) is 0 Å². The van der Waals surface area contributed by atoms with Crippen LogP contribution in [0.25, 0.3) is 6.08 Å². The van der Waals surface area contributed by atoms with E-state index in [0.717, 1.165) is 5.56 Å². The van der Waals surface area contributed by atoms with Crippen molar-refractivity contribution in [2.75, 3.05) is 11.5 Å². The first-order valence-corrected chi connectivity index (χ1v) is 3.99. The van der Waals surface area contributed by atoms with Gasteiger partial charge in [0.2, 0.25) is 0 Å². The third kappa shape index (κ3) is 2.78. The van der Waals surface area contributed by atoms with Crippen molar-refractivity contribution in [1.82, 2.24) is 4.98 Å². The molecule has 0 aliphatic rings. The number of nitrogens with two attached hydrogens (primary N) is 2. The Morgan fingerprint density at radius 3 is 2.86 bits per heavy atom. The maximum atomic E-state index is 10.2. The Labute approximate surface area is 81.1 Å². The summed E-state index contributed by atoms with van der Waals surface area (Å²) in [4.78, 5) is 14.0. The van der Waals surface area contributed by atoms with Gasteiger partial charge in [0.1, 0.15) is 5.82 Å². The highest BCUT2D eigenvalue weighted by Crippen LogP contribution is 2.13. The zero-order valence-corrected chi connectivity index (χ0v) is 7.47. The van der Waals surface area contributed by atoms with Crippen LogP contribution in [-0.4, -0.2) is 16.1 Å². The molecule has 14 heavy (non-hydrogen) atoms. The number of aliphatic carboxylic acids is 1. The normalized spacial score (nSPS) is 10.6. The third-order valence-corrected chi connectivity index (χ3v) is 1.57. The van der Waals surface area contributed by atoms with Crippen LogP contribution >= 0.6 is 0 Å². The summed E-state index contributed by atoms with van der Waals surface area (Å²) in [5.74, 6) is -0.599. The first kappa shape index (κ1) is 10.0. The molecule has 5 heteroatoms. The summed E-state index contributed by atoms with van der Waals surface area (Å²) in [5.41, 5.74) is 12.1. The Morgan fingerprint density at radius 1 is 1.57 bits per heavy atom. The van der Waals surface area contributed by atoms with Gasteiger partial charge in [-0.1, -0.05) is 12.2 Å². The van der Waals surface area contributed by atoms with E-state index in [2.05, 4.69) is 4.98 Å². The molecule has 0 spiro atoms. The second-order valence-corrected chi connectivity index (χ2v) is 2.74. The largest absolute Gasteiger partial charge is 0.481 e. The lowest BCUT2D eigenvalue weighted by molar-refractivity contribution is -0.135. The molecule has 74 valence electrons. The zero-order chi connectivity index (χ0) is 10.6. The van der Waals surface area contributed by atoms with Crippen molar-refractivity contribution < 1.29 is 9.90 Å². The van der Waals surface area contributed by atoms with Crippen LogP contribution in [0.15, 0.2) is 18.3 Å². The SMILES string of the molecule is Nc1cc(C=CCC(=O)O)cnc1N. The van der Waals surface area contributed by atoms with Crippen LogP contribution in [0, 0.1) is 0 Å². The number of nitrogen functional groups attached to an aromatic ring is 2. The van der Waals surface area contributed by atoms with E-state index in [1.807, 2.05) is 0 Å². The minimum atomic E-state index is -0.877. The molecular weight excluding hydrogens is 182 g/mol. The van der Waals surface area contributed by atoms with Crippen molar-refractivity contribution in [3.63, 3.8) is 0 Å². The van der Waals surface area contributed by atoms with Gasteiger partial charge in [-0.15, -0.1) is 0 Å². The average Bonchev–Trinajstić information content (AvgIpc) is 2.10. The van der Waals surface area contributed by atoms with E-state index >= 15 is 0 Å². The van der Waals surface area contributed by atoms with Crippen molar-refractivity contribution in [2.45, 2.75) is 6.42 Å². The third-order valence-electron chi connectivity index (χ3n) is 1.57. The van der Waals surface area contributed by atoms with Gasteiger partial charge >= 0.3 is 5.97 Å². The minimum Gasteiger partial charge on any atom is -0.481 e. The molecule has 0 unspecified atom stereocenters. The van der Waals surface area contributed by atoms with Crippen LogP contribution in [0.3, 0.4) is 0 Å². The van der Waals surface area contributed by atoms with E-state index in [-0.39, 0.29) is 12.2 Å². The van der Waals surface area contributed by atoms with Gasteiger partial charge in [0.05, 0.1) is 12.1 Å². The Morgan fingerprint density at radius 2 is 2.29 bits per heavy atom. The first-order valence-electron chi connectivity index (χ1n) is 3.99. The fraction of sp³-hybridized carbons (Fsp3) is 0.111. The summed E-state index contributed by atoms with van der Waals surface area (Å²) in [6.45, 7) is 0. The first-order chi connectivity index (χ1) is 6.59. The molecule has 0 aromatic carbocycles. The van der Waals surface area contributed by atoms with Gasteiger partial charge in [-0.25, -0.2) is 4.98 Å². The van der Waals surface area contributed by atoms with Gasteiger partial charge in [0.25, 0.3) is 0 Å². The fourth-order valence-corrected chi connectivity index (χ4v) is 0.896. The molecule has 1 aromatic rings. The van der Waals surface area contributed by atoms with Crippen LogP contribution in [-0.2, 0) is 4.79 Å². The summed E-state index contributed by atoms with van der Waals surface area (Å²) in [6.07, 6.45) is 4.67. The fourth-order valence-electron chi connectivity index (χ4n) is 0.896. The number of carbonyl (C=O) groups is 1. The quantitative estimate of drug-likeness (QED) is 0.656.